The molecule has 4 N–H and O–H groups in total. The zero-order valence-electron chi connectivity index (χ0n) is 9.13. The van der Waals surface area contributed by atoms with E-state index in [1.54, 1.807) is 0 Å². The van der Waals surface area contributed by atoms with Gasteiger partial charge in [-0.05, 0) is 7.05 Å². The summed E-state index contributed by atoms with van der Waals surface area (Å²) in [6, 6.07) is 1.56. The van der Waals surface area contributed by atoms with Crippen molar-refractivity contribution in [2.24, 2.45) is 0 Å². The summed E-state index contributed by atoms with van der Waals surface area (Å²) in [6.07, 6.45) is 1.33. The maximum atomic E-state index is 3.40. The Labute approximate surface area is 86.4 Å². The lowest BCUT2D eigenvalue weighted by atomic mass is 10.1. The van der Waals surface area contributed by atoms with Gasteiger partial charge in [0.25, 0.3) is 0 Å². The molecule has 0 aromatic rings. The van der Waals surface area contributed by atoms with Crippen molar-refractivity contribution in [3.63, 3.8) is 0 Å². The van der Waals surface area contributed by atoms with Gasteiger partial charge in [-0.1, -0.05) is 0 Å². The summed E-state index contributed by atoms with van der Waals surface area (Å²) >= 11 is 0. The summed E-state index contributed by atoms with van der Waals surface area (Å²) in [6.45, 7) is 7.33. The highest BCUT2D eigenvalue weighted by Crippen LogP contribution is 2.02. The van der Waals surface area contributed by atoms with Gasteiger partial charge in [-0.3, -0.25) is 4.90 Å². The maximum Gasteiger partial charge on any atom is 0.101 e. The first-order chi connectivity index (χ1) is 6.88. The van der Waals surface area contributed by atoms with Gasteiger partial charge in [0.15, 0.2) is 0 Å². The van der Waals surface area contributed by atoms with Gasteiger partial charge in [0, 0.05) is 32.6 Å². The van der Waals surface area contributed by atoms with Crippen molar-refractivity contribution in [3.05, 3.63) is 0 Å². The van der Waals surface area contributed by atoms with E-state index < -0.39 is 0 Å². The fourth-order valence-electron chi connectivity index (χ4n) is 2.52. The molecular formula is C10H23N4+. The summed E-state index contributed by atoms with van der Waals surface area (Å²) in [5.74, 6) is 0. The van der Waals surface area contributed by atoms with E-state index >= 15 is 0 Å². The highest BCUT2D eigenvalue weighted by atomic mass is 15.2. The zero-order valence-corrected chi connectivity index (χ0v) is 9.13. The van der Waals surface area contributed by atoms with E-state index in [1.165, 1.54) is 45.7 Å². The Hall–Kier alpha value is -0.160. The summed E-state index contributed by atoms with van der Waals surface area (Å²) in [5, 5.41) is 9.27. The van der Waals surface area contributed by atoms with E-state index in [4.69, 9.17) is 0 Å². The van der Waals surface area contributed by atoms with Crippen molar-refractivity contribution in [1.82, 2.24) is 15.5 Å². The van der Waals surface area contributed by atoms with Crippen LogP contribution >= 0.6 is 0 Å². The third kappa shape index (κ3) is 2.67. The van der Waals surface area contributed by atoms with Crippen LogP contribution in [0.1, 0.15) is 6.42 Å². The van der Waals surface area contributed by atoms with Crippen molar-refractivity contribution in [2.45, 2.75) is 18.5 Å². The molecule has 2 saturated heterocycles. The summed E-state index contributed by atoms with van der Waals surface area (Å²) in [5.41, 5.74) is 0. The Morgan fingerprint density at radius 2 is 2.21 bits per heavy atom. The molecule has 2 atom stereocenters. The van der Waals surface area contributed by atoms with E-state index in [0.29, 0.717) is 0 Å². The number of nitrogens with zero attached hydrogens (tertiary/aromatic N) is 1. The van der Waals surface area contributed by atoms with Gasteiger partial charge in [0.05, 0.1) is 19.1 Å². The van der Waals surface area contributed by atoms with Crippen LogP contribution < -0.4 is 16.0 Å². The van der Waals surface area contributed by atoms with Crippen LogP contribution in [0, 0.1) is 0 Å². The second-order valence-electron chi connectivity index (χ2n) is 4.50. The molecule has 2 rings (SSSR count). The van der Waals surface area contributed by atoms with Crippen LogP contribution in [0.2, 0.25) is 0 Å². The van der Waals surface area contributed by atoms with E-state index in [9.17, 15) is 0 Å². The molecule has 0 radical (unpaired) electrons. The standard InChI is InChI=1S/C10H22N4/c1-11-9-6-10(13-7-9)8-14-4-2-12-3-5-14/h9-13H,2-8H2,1H3/p+1. The summed E-state index contributed by atoms with van der Waals surface area (Å²) in [4.78, 5) is 2.59. The number of rotatable bonds is 3. The highest BCUT2D eigenvalue weighted by molar-refractivity contribution is 4.78. The van der Waals surface area contributed by atoms with Crippen LogP contribution in [-0.4, -0.2) is 63.3 Å². The van der Waals surface area contributed by atoms with Crippen molar-refractivity contribution in [2.75, 3.05) is 46.3 Å². The highest BCUT2D eigenvalue weighted by Gasteiger charge is 2.28. The zero-order chi connectivity index (χ0) is 9.80. The predicted molar refractivity (Wildman–Crippen MR) is 57.4 cm³/mol. The number of hydrogen-bond acceptors (Lipinski definition) is 3. The molecule has 0 bridgehead atoms. The molecule has 2 aliphatic rings. The van der Waals surface area contributed by atoms with Crippen molar-refractivity contribution in [3.8, 4) is 0 Å². The Kier molecular flexibility index (Phi) is 3.75. The van der Waals surface area contributed by atoms with E-state index in [2.05, 4.69) is 27.9 Å². The molecule has 2 heterocycles. The molecule has 0 aromatic heterocycles. The fourth-order valence-corrected chi connectivity index (χ4v) is 2.52. The van der Waals surface area contributed by atoms with Gasteiger partial charge in [0.2, 0.25) is 0 Å². The van der Waals surface area contributed by atoms with Crippen molar-refractivity contribution >= 4 is 0 Å². The Balaban J connectivity index is 1.69. The third-order valence-electron chi connectivity index (χ3n) is 3.45. The molecule has 2 aliphatic heterocycles. The molecule has 0 amide bonds. The summed E-state index contributed by atoms with van der Waals surface area (Å²) in [7, 11) is 2.08. The second-order valence-corrected chi connectivity index (χ2v) is 4.50. The smallest absolute Gasteiger partial charge is 0.101 e. The quantitative estimate of drug-likeness (QED) is 0.484. The van der Waals surface area contributed by atoms with Crippen molar-refractivity contribution < 1.29 is 5.32 Å². The summed E-state index contributed by atoms with van der Waals surface area (Å²) < 4.78 is 0. The first-order valence-corrected chi connectivity index (χ1v) is 5.82. The van der Waals surface area contributed by atoms with Gasteiger partial charge >= 0.3 is 0 Å². The predicted octanol–water partition coefficient (Wildman–Crippen LogP) is -2.18. The van der Waals surface area contributed by atoms with Gasteiger partial charge in [-0.25, -0.2) is 0 Å². The first kappa shape index (κ1) is 10.4. The van der Waals surface area contributed by atoms with Crippen LogP contribution in [0.4, 0.5) is 0 Å². The SMILES string of the molecule is CNC1C[NH2+]C(CN2CCNCC2)C1. The average Bonchev–Trinajstić information content (AvgIpc) is 2.67. The number of nitrogens with two attached hydrogens (primary N) is 1. The molecule has 0 aliphatic carbocycles. The van der Waals surface area contributed by atoms with Gasteiger partial charge in [0.1, 0.15) is 6.04 Å². The Bertz CT molecular complexity index is 168. The molecule has 14 heavy (non-hydrogen) atoms. The lowest BCUT2D eigenvalue weighted by molar-refractivity contribution is -0.670. The Morgan fingerprint density at radius 1 is 1.43 bits per heavy atom. The van der Waals surface area contributed by atoms with Gasteiger partial charge < -0.3 is 16.0 Å². The molecule has 0 saturated carbocycles. The van der Waals surface area contributed by atoms with Crippen LogP contribution in [0.25, 0.3) is 0 Å². The maximum absolute atomic E-state index is 3.40. The van der Waals surface area contributed by atoms with Crippen LogP contribution in [0.3, 0.4) is 0 Å². The molecule has 2 fully saturated rings. The topological polar surface area (TPSA) is 43.9 Å². The molecule has 4 nitrogen and oxygen atoms in total. The van der Waals surface area contributed by atoms with E-state index in [1.807, 2.05) is 0 Å². The van der Waals surface area contributed by atoms with E-state index in [0.717, 1.165) is 12.1 Å². The van der Waals surface area contributed by atoms with E-state index in [-0.39, 0.29) is 0 Å². The molecule has 0 spiro atoms. The number of likely N-dealkylation sites (N-methyl/N-ethyl adjacent to an activating group) is 1. The number of piperazine rings is 1. The lowest BCUT2D eigenvalue weighted by Gasteiger charge is -2.28. The fraction of sp³-hybridized carbons (Fsp3) is 1.00. The number of hydrogen-bond donors (Lipinski definition) is 3. The molecular weight excluding hydrogens is 176 g/mol. The third-order valence-corrected chi connectivity index (χ3v) is 3.45. The minimum Gasteiger partial charge on any atom is -0.341 e. The Morgan fingerprint density at radius 3 is 2.86 bits per heavy atom. The normalized spacial score (nSPS) is 34.9. The number of quaternary nitrogens is 1. The molecule has 2 unspecified atom stereocenters. The molecule has 4 heteroatoms. The minimum absolute atomic E-state index is 0.739. The van der Waals surface area contributed by atoms with Crippen LogP contribution in [-0.2, 0) is 0 Å². The largest absolute Gasteiger partial charge is 0.341 e. The average molecular weight is 199 g/mol. The van der Waals surface area contributed by atoms with Crippen LogP contribution in [0.15, 0.2) is 0 Å². The molecule has 0 aromatic carbocycles. The number of nitrogens with one attached hydrogen (secondary N) is 2. The molecule has 82 valence electrons. The lowest BCUT2D eigenvalue weighted by Crippen LogP contribution is -2.89. The first-order valence-electron chi connectivity index (χ1n) is 5.82. The minimum atomic E-state index is 0.739. The monoisotopic (exact) mass is 199 g/mol. The van der Waals surface area contributed by atoms with Crippen molar-refractivity contribution in [1.29, 1.82) is 0 Å². The van der Waals surface area contributed by atoms with Crippen LogP contribution in [0.5, 0.6) is 0 Å². The second kappa shape index (κ2) is 5.07. The van der Waals surface area contributed by atoms with Gasteiger partial charge in [-0.15, -0.1) is 0 Å². The van der Waals surface area contributed by atoms with Gasteiger partial charge in [-0.2, -0.15) is 0 Å².